The van der Waals surface area contributed by atoms with Gasteiger partial charge in [-0.25, -0.2) is 4.79 Å². The maximum atomic E-state index is 12.4. The van der Waals surface area contributed by atoms with Crippen LogP contribution in [-0.4, -0.2) is 59.9 Å². The van der Waals surface area contributed by atoms with E-state index in [1.807, 2.05) is 34.6 Å². The molecule has 3 unspecified atom stereocenters. The molecule has 2 aliphatic rings. The predicted octanol–water partition coefficient (Wildman–Crippen LogP) is 1.94. The number of aliphatic hydroxyl groups is 1. The van der Waals surface area contributed by atoms with Gasteiger partial charge in [0.2, 0.25) is 0 Å². The van der Waals surface area contributed by atoms with Crippen molar-refractivity contribution < 1.29 is 42.6 Å². The van der Waals surface area contributed by atoms with E-state index in [1.165, 1.54) is 0 Å². The molecule has 1 saturated heterocycles. The molecule has 0 bridgehead atoms. The van der Waals surface area contributed by atoms with E-state index in [2.05, 4.69) is 4.52 Å². The molecule has 0 aromatic heterocycles. The van der Waals surface area contributed by atoms with Crippen LogP contribution in [-0.2, 0) is 32.6 Å². The lowest BCUT2D eigenvalue weighted by atomic mass is 10.0. The molecule has 170 valence electrons. The smallest absolute Gasteiger partial charge is 0.343 e. The van der Waals surface area contributed by atoms with Crippen molar-refractivity contribution in [1.82, 2.24) is 0 Å². The fourth-order valence-corrected chi connectivity index (χ4v) is 4.84. The van der Waals surface area contributed by atoms with Crippen molar-refractivity contribution >= 4 is 13.8 Å². The maximum Gasteiger partial charge on any atom is 0.343 e. The zero-order valence-electron chi connectivity index (χ0n) is 18.0. The quantitative estimate of drug-likeness (QED) is 0.539. The first-order valence-corrected chi connectivity index (χ1v) is 11.6. The molecule has 2 rings (SSSR count). The van der Waals surface area contributed by atoms with E-state index < -0.39 is 37.7 Å². The maximum absolute atomic E-state index is 12.4. The summed E-state index contributed by atoms with van der Waals surface area (Å²) >= 11 is 0. The number of hydrogen-bond donors (Lipinski definition) is 1. The van der Waals surface area contributed by atoms with Gasteiger partial charge in [-0.3, -0.25) is 4.57 Å². The molecule has 0 aromatic carbocycles. The molecular formula is C19H34O9P-. The van der Waals surface area contributed by atoms with Gasteiger partial charge in [0.05, 0.1) is 37.1 Å². The van der Waals surface area contributed by atoms with Crippen LogP contribution in [0.25, 0.3) is 0 Å². The van der Waals surface area contributed by atoms with Crippen molar-refractivity contribution in [2.24, 2.45) is 5.92 Å². The lowest BCUT2D eigenvalue weighted by Crippen LogP contribution is -2.45. The largest absolute Gasteiger partial charge is 0.746 e. The molecule has 0 spiro atoms. The molecule has 7 atom stereocenters. The minimum absolute atomic E-state index is 0.0271. The zero-order chi connectivity index (χ0) is 22.0. The summed E-state index contributed by atoms with van der Waals surface area (Å²) in [5, 5.41) is 10.9. The van der Waals surface area contributed by atoms with Gasteiger partial charge in [0.25, 0.3) is 0 Å². The molecule has 29 heavy (non-hydrogen) atoms. The second kappa shape index (κ2) is 9.73. The third-order valence-electron chi connectivity index (χ3n) is 5.00. The predicted molar refractivity (Wildman–Crippen MR) is 102 cm³/mol. The Bertz CT molecular complexity index is 610. The van der Waals surface area contributed by atoms with E-state index in [4.69, 9.17) is 18.7 Å². The Morgan fingerprint density at radius 3 is 2.48 bits per heavy atom. The van der Waals surface area contributed by atoms with Crippen molar-refractivity contribution in [3.63, 3.8) is 0 Å². The third kappa shape index (κ3) is 6.99. The number of carbonyl (C=O) groups excluding carboxylic acids is 1. The summed E-state index contributed by atoms with van der Waals surface area (Å²) in [4.78, 5) is 24.9. The van der Waals surface area contributed by atoms with Crippen LogP contribution in [0.1, 0.15) is 60.8 Å². The average Bonchev–Trinajstić information content (AvgIpc) is 3.03. The first-order valence-electron chi connectivity index (χ1n) is 10.2. The number of phosphoric acid groups is 1. The fourth-order valence-electron chi connectivity index (χ4n) is 3.87. The molecule has 0 radical (unpaired) electrons. The van der Waals surface area contributed by atoms with Crippen LogP contribution in [0.15, 0.2) is 0 Å². The Balaban J connectivity index is 2.02. The number of phosphoric ester groups is 1. The zero-order valence-corrected chi connectivity index (χ0v) is 18.9. The van der Waals surface area contributed by atoms with E-state index in [1.54, 1.807) is 6.92 Å². The lowest BCUT2D eigenvalue weighted by molar-refractivity contribution is -0.238. The Kier molecular flexibility index (Phi) is 8.29. The van der Waals surface area contributed by atoms with E-state index in [0.29, 0.717) is 19.3 Å². The summed E-state index contributed by atoms with van der Waals surface area (Å²) in [6.07, 6.45) is -2.28. The molecule has 2 fully saturated rings. The minimum Gasteiger partial charge on any atom is -0.746 e. The Hall–Kier alpha value is -0.540. The second-order valence-corrected chi connectivity index (χ2v) is 10.1. The highest BCUT2D eigenvalue weighted by molar-refractivity contribution is 7.46. The molecule has 9 nitrogen and oxygen atoms in total. The van der Waals surface area contributed by atoms with E-state index in [0.717, 1.165) is 0 Å². The van der Waals surface area contributed by atoms with Gasteiger partial charge in [-0.15, -0.1) is 0 Å². The molecule has 10 heteroatoms. The topological polar surface area (TPSA) is 124 Å². The van der Waals surface area contributed by atoms with Crippen molar-refractivity contribution in [2.45, 2.75) is 103 Å². The molecule has 0 amide bonds. The normalized spacial score (nSPS) is 37.2. The molecular weight excluding hydrogens is 403 g/mol. The highest BCUT2D eigenvalue weighted by atomic mass is 31.2. The molecule has 1 saturated carbocycles. The van der Waals surface area contributed by atoms with Crippen LogP contribution in [0, 0.1) is 5.92 Å². The Labute approximate surface area is 172 Å². The van der Waals surface area contributed by atoms with Crippen LogP contribution in [0.2, 0.25) is 0 Å². The van der Waals surface area contributed by atoms with Gasteiger partial charge < -0.3 is 33.3 Å². The molecule has 1 aliphatic heterocycles. The van der Waals surface area contributed by atoms with Gasteiger partial charge in [-0.2, -0.15) is 0 Å². The van der Waals surface area contributed by atoms with Crippen LogP contribution in [0.3, 0.4) is 0 Å². The Morgan fingerprint density at radius 2 is 1.90 bits per heavy atom. The van der Waals surface area contributed by atoms with Crippen LogP contribution in [0.5, 0.6) is 0 Å². The molecule has 0 aromatic rings. The summed E-state index contributed by atoms with van der Waals surface area (Å²) in [5.74, 6) is -1.05. The van der Waals surface area contributed by atoms with Crippen molar-refractivity contribution in [3.05, 3.63) is 0 Å². The van der Waals surface area contributed by atoms with Crippen LogP contribution >= 0.6 is 7.82 Å². The van der Waals surface area contributed by atoms with Crippen LogP contribution in [0.4, 0.5) is 0 Å². The highest BCUT2D eigenvalue weighted by Crippen LogP contribution is 2.48. The number of ether oxygens (including phenoxy) is 3. The van der Waals surface area contributed by atoms with Gasteiger partial charge in [0, 0.05) is 6.42 Å². The van der Waals surface area contributed by atoms with Gasteiger partial charge in [0.1, 0.15) is 5.60 Å². The number of rotatable bonds is 9. The van der Waals surface area contributed by atoms with E-state index in [9.17, 15) is 19.4 Å². The highest BCUT2D eigenvalue weighted by Gasteiger charge is 2.48. The second-order valence-electron chi connectivity index (χ2n) is 8.79. The van der Waals surface area contributed by atoms with Gasteiger partial charge in [-0.05, 0) is 53.4 Å². The first-order chi connectivity index (χ1) is 13.3. The van der Waals surface area contributed by atoms with Crippen molar-refractivity contribution in [3.8, 4) is 0 Å². The summed E-state index contributed by atoms with van der Waals surface area (Å²) in [5.41, 5.74) is -1.47. The average molecular weight is 437 g/mol. The van der Waals surface area contributed by atoms with Gasteiger partial charge >= 0.3 is 13.8 Å². The fraction of sp³-hybridized carbons (Fsp3) is 0.947. The SMILES string of the molecule is CC(C)OC[C@@]1(O)C[C@@H](C)CC1OP(=O)([O-])OC(=O)[C@H]1O[C@@H](C)CC1OC(C)C. The standard InChI is InChI=1S/C19H35O9P/c1-11(2)24-10-19(21)9-13(5)7-16(19)27-29(22,23)28-18(20)17-15(25-12(3)4)8-14(6)26-17/h11-17,21H,7-10H2,1-6H3,(H,22,23)/p-1/t13-,14-,15?,16?,17-,19-/m0/s1. The number of hydrogen-bond acceptors (Lipinski definition) is 9. The molecule has 1 aliphatic carbocycles. The van der Waals surface area contributed by atoms with Gasteiger partial charge in [-0.1, -0.05) is 6.92 Å². The van der Waals surface area contributed by atoms with E-state index in [-0.39, 0.29) is 30.8 Å². The minimum atomic E-state index is -5.04. The van der Waals surface area contributed by atoms with Crippen LogP contribution < -0.4 is 4.89 Å². The summed E-state index contributed by atoms with van der Waals surface area (Å²) in [7, 11) is -5.04. The van der Waals surface area contributed by atoms with Gasteiger partial charge in [0.15, 0.2) is 6.10 Å². The van der Waals surface area contributed by atoms with Crippen molar-refractivity contribution in [1.29, 1.82) is 0 Å². The monoisotopic (exact) mass is 437 g/mol. The summed E-state index contributed by atoms with van der Waals surface area (Å²) in [6.45, 7) is 10.8. The molecule has 1 N–H and O–H groups in total. The lowest BCUT2D eigenvalue weighted by Gasteiger charge is -2.34. The summed E-state index contributed by atoms with van der Waals surface area (Å²) in [6, 6.07) is 0. The van der Waals surface area contributed by atoms with E-state index >= 15 is 0 Å². The molecule has 1 heterocycles. The van der Waals surface area contributed by atoms with Crippen molar-refractivity contribution in [2.75, 3.05) is 6.61 Å². The first kappa shape index (κ1) is 24.7. The third-order valence-corrected chi connectivity index (χ3v) is 5.92. The number of carbonyl (C=O) groups is 1. The summed E-state index contributed by atoms with van der Waals surface area (Å²) < 4.78 is 38.8. The Morgan fingerprint density at radius 1 is 1.24 bits per heavy atom.